The first kappa shape index (κ1) is 15.8. The van der Waals surface area contributed by atoms with Crippen LogP contribution < -0.4 is 10.6 Å². The van der Waals surface area contributed by atoms with Crippen LogP contribution in [0.3, 0.4) is 0 Å². The van der Waals surface area contributed by atoms with Crippen molar-refractivity contribution in [1.82, 2.24) is 15.2 Å². The van der Waals surface area contributed by atoms with Crippen molar-refractivity contribution in [3.8, 4) is 0 Å². The number of nitrogens with zero attached hydrogens (tertiary/aromatic N) is 1. The second-order valence-electron chi connectivity index (χ2n) is 5.25. The molecule has 0 aromatic carbocycles. The maximum Gasteiger partial charge on any atom is 0.239 e. The predicted octanol–water partition coefficient (Wildman–Crippen LogP) is 2.32. The first-order valence-electron chi connectivity index (χ1n) is 7.24. The van der Waals surface area contributed by atoms with E-state index in [9.17, 15) is 4.79 Å². The monoisotopic (exact) mass is 265 g/mol. The van der Waals surface area contributed by atoms with E-state index in [1.807, 2.05) is 10.8 Å². The maximum atomic E-state index is 11.7. The third kappa shape index (κ3) is 5.07. The standard InChI is InChI=1S/C15H27N3O/c1-5-8-17-14(19)11-18-9-7-13(10-18)15(12(3)4)16-6-2/h7,9-10,12,15-16H,5-6,8,11H2,1-4H3,(H,17,19). The molecule has 1 amide bonds. The third-order valence-electron chi connectivity index (χ3n) is 3.12. The van der Waals surface area contributed by atoms with Gasteiger partial charge in [-0.05, 0) is 30.5 Å². The molecule has 4 heteroatoms. The van der Waals surface area contributed by atoms with Crippen molar-refractivity contribution in [2.24, 2.45) is 5.92 Å². The van der Waals surface area contributed by atoms with Gasteiger partial charge in [0.2, 0.25) is 5.91 Å². The third-order valence-corrected chi connectivity index (χ3v) is 3.12. The van der Waals surface area contributed by atoms with Gasteiger partial charge in [0.1, 0.15) is 6.54 Å². The highest BCUT2D eigenvalue weighted by atomic mass is 16.1. The van der Waals surface area contributed by atoms with E-state index < -0.39 is 0 Å². The van der Waals surface area contributed by atoms with Gasteiger partial charge in [-0.2, -0.15) is 0 Å². The molecule has 108 valence electrons. The minimum atomic E-state index is 0.0774. The number of nitrogens with one attached hydrogen (secondary N) is 2. The maximum absolute atomic E-state index is 11.7. The first-order chi connectivity index (χ1) is 9.08. The summed E-state index contributed by atoms with van der Waals surface area (Å²) in [7, 11) is 0. The molecule has 2 N–H and O–H groups in total. The Labute approximate surface area is 116 Å². The summed E-state index contributed by atoms with van der Waals surface area (Å²) in [6, 6.07) is 2.45. The van der Waals surface area contributed by atoms with Crippen LogP contribution in [-0.4, -0.2) is 23.6 Å². The van der Waals surface area contributed by atoms with Crippen molar-refractivity contribution in [2.75, 3.05) is 13.1 Å². The predicted molar refractivity (Wildman–Crippen MR) is 79.0 cm³/mol. The summed E-state index contributed by atoms with van der Waals surface area (Å²) in [5, 5.41) is 6.38. The average Bonchev–Trinajstić information content (AvgIpc) is 2.81. The van der Waals surface area contributed by atoms with E-state index in [1.165, 1.54) is 5.56 Å². The number of carbonyl (C=O) groups excluding carboxylic acids is 1. The Kier molecular flexibility index (Phi) is 6.64. The highest BCUT2D eigenvalue weighted by molar-refractivity contribution is 5.75. The van der Waals surface area contributed by atoms with E-state index >= 15 is 0 Å². The molecule has 0 saturated heterocycles. The van der Waals surface area contributed by atoms with E-state index in [0.29, 0.717) is 18.5 Å². The van der Waals surface area contributed by atoms with Crippen LogP contribution in [0.25, 0.3) is 0 Å². The molecule has 0 saturated carbocycles. The quantitative estimate of drug-likeness (QED) is 0.758. The SMILES string of the molecule is CCCNC(=O)Cn1ccc(C(NCC)C(C)C)c1. The topological polar surface area (TPSA) is 46.1 Å². The van der Waals surface area contributed by atoms with Crippen LogP contribution in [-0.2, 0) is 11.3 Å². The highest BCUT2D eigenvalue weighted by Crippen LogP contribution is 2.21. The molecule has 0 spiro atoms. The molecule has 0 aliphatic carbocycles. The molecular formula is C15H27N3O. The summed E-state index contributed by atoms with van der Waals surface area (Å²) in [6.07, 6.45) is 5.02. The van der Waals surface area contributed by atoms with E-state index in [0.717, 1.165) is 19.5 Å². The molecule has 1 unspecified atom stereocenters. The van der Waals surface area contributed by atoms with Gasteiger partial charge in [-0.3, -0.25) is 4.79 Å². The molecule has 1 heterocycles. The molecule has 19 heavy (non-hydrogen) atoms. The lowest BCUT2D eigenvalue weighted by Gasteiger charge is -2.20. The first-order valence-corrected chi connectivity index (χ1v) is 7.24. The Bertz CT molecular complexity index is 384. The molecule has 0 aliphatic heterocycles. The summed E-state index contributed by atoms with van der Waals surface area (Å²) >= 11 is 0. The van der Waals surface area contributed by atoms with Crippen LogP contribution in [0.15, 0.2) is 18.5 Å². The lowest BCUT2D eigenvalue weighted by Crippen LogP contribution is -2.28. The van der Waals surface area contributed by atoms with E-state index in [2.05, 4.69) is 50.6 Å². The fraction of sp³-hybridized carbons (Fsp3) is 0.667. The van der Waals surface area contributed by atoms with Gasteiger partial charge in [0.05, 0.1) is 0 Å². The molecule has 0 bridgehead atoms. The Morgan fingerprint density at radius 1 is 1.37 bits per heavy atom. The van der Waals surface area contributed by atoms with Crippen LogP contribution in [0, 0.1) is 5.92 Å². The number of hydrogen-bond acceptors (Lipinski definition) is 2. The zero-order valence-electron chi connectivity index (χ0n) is 12.6. The van der Waals surface area contributed by atoms with Crippen LogP contribution in [0.5, 0.6) is 0 Å². The molecule has 4 nitrogen and oxygen atoms in total. The number of amides is 1. The minimum absolute atomic E-state index is 0.0774. The summed E-state index contributed by atoms with van der Waals surface area (Å²) in [5.41, 5.74) is 1.25. The molecule has 0 fully saturated rings. The van der Waals surface area contributed by atoms with Crippen LogP contribution in [0.2, 0.25) is 0 Å². The Morgan fingerprint density at radius 3 is 2.68 bits per heavy atom. The lowest BCUT2D eigenvalue weighted by atomic mass is 9.98. The molecule has 1 aromatic heterocycles. The fourth-order valence-electron chi connectivity index (χ4n) is 2.19. The van der Waals surface area contributed by atoms with Gasteiger partial charge in [-0.25, -0.2) is 0 Å². The molecule has 1 atom stereocenters. The van der Waals surface area contributed by atoms with Crippen LogP contribution in [0.4, 0.5) is 0 Å². The van der Waals surface area contributed by atoms with E-state index in [1.54, 1.807) is 0 Å². The zero-order chi connectivity index (χ0) is 14.3. The fourth-order valence-corrected chi connectivity index (χ4v) is 2.19. The van der Waals surface area contributed by atoms with Crippen molar-refractivity contribution in [3.05, 3.63) is 24.0 Å². The summed E-state index contributed by atoms with van der Waals surface area (Å²) in [5.74, 6) is 0.610. The normalized spacial score (nSPS) is 12.7. The van der Waals surface area contributed by atoms with Gasteiger partial charge in [-0.15, -0.1) is 0 Å². The molecular weight excluding hydrogens is 238 g/mol. The molecule has 1 aromatic rings. The van der Waals surface area contributed by atoms with Gasteiger partial charge in [-0.1, -0.05) is 27.7 Å². The summed E-state index contributed by atoms with van der Waals surface area (Å²) in [6.45, 7) is 10.7. The molecule has 1 rings (SSSR count). The number of hydrogen-bond donors (Lipinski definition) is 2. The van der Waals surface area contributed by atoms with Crippen LogP contribution >= 0.6 is 0 Å². The van der Waals surface area contributed by atoms with E-state index in [-0.39, 0.29) is 5.91 Å². The van der Waals surface area contributed by atoms with Crippen LogP contribution in [0.1, 0.15) is 45.7 Å². The van der Waals surface area contributed by atoms with E-state index in [4.69, 9.17) is 0 Å². The van der Waals surface area contributed by atoms with Crippen molar-refractivity contribution in [3.63, 3.8) is 0 Å². The number of aromatic nitrogens is 1. The van der Waals surface area contributed by atoms with Gasteiger partial charge >= 0.3 is 0 Å². The minimum Gasteiger partial charge on any atom is -0.355 e. The van der Waals surface area contributed by atoms with Gasteiger partial charge in [0, 0.05) is 25.0 Å². The Morgan fingerprint density at radius 2 is 2.11 bits per heavy atom. The van der Waals surface area contributed by atoms with Crippen molar-refractivity contribution in [1.29, 1.82) is 0 Å². The Hall–Kier alpha value is -1.29. The largest absolute Gasteiger partial charge is 0.355 e. The van der Waals surface area contributed by atoms with Gasteiger partial charge < -0.3 is 15.2 Å². The zero-order valence-corrected chi connectivity index (χ0v) is 12.6. The average molecular weight is 265 g/mol. The van der Waals surface area contributed by atoms with Crippen molar-refractivity contribution in [2.45, 2.75) is 46.7 Å². The Balaban J connectivity index is 2.62. The second-order valence-corrected chi connectivity index (χ2v) is 5.25. The summed E-state index contributed by atoms with van der Waals surface area (Å²) in [4.78, 5) is 11.7. The number of rotatable bonds is 8. The molecule has 0 radical (unpaired) electrons. The second kappa shape index (κ2) is 8.00. The number of carbonyl (C=O) groups is 1. The van der Waals surface area contributed by atoms with Gasteiger partial charge in [0.15, 0.2) is 0 Å². The highest BCUT2D eigenvalue weighted by Gasteiger charge is 2.15. The van der Waals surface area contributed by atoms with Gasteiger partial charge in [0.25, 0.3) is 0 Å². The van der Waals surface area contributed by atoms with Crippen molar-refractivity contribution < 1.29 is 4.79 Å². The smallest absolute Gasteiger partial charge is 0.239 e. The lowest BCUT2D eigenvalue weighted by molar-refractivity contribution is -0.121. The molecule has 0 aliphatic rings. The summed E-state index contributed by atoms with van der Waals surface area (Å²) < 4.78 is 1.95. The van der Waals surface area contributed by atoms with Crippen molar-refractivity contribution >= 4 is 5.91 Å².